The van der Waals surface area contributed by atoms with Gasteiger partial charge in [-0.2, -0.15) is 11.3 Å². The number of carbonyl (C=O) groups is 1. The first-order valence-electron chi connectivity index (χ1n) is 5.77. The summed E-state index contributed by atoms with van der Waals surface area (Å²) >= 11 is 1.58. The summed E-state index contributed by atoms with van der Waals surface area (Å²) in [5, 5.41) is 18.5. The van der Waals surface area contributed by atoms with Crippen LogP contribution in [0, 0.1) is 11.8 Å². The number of thiophene rings is 1. The molecule has 0 aliphatic rings. The van der Waals surface area contributed by atoms with Gasteiger partial charge in [-0.15, -0.1) is 0 Å². The Labute approximate surface area is 111 Å². The van der Waals surface area contributed by atoms with Gasteiger partial charge in [0.05, 0.1) is 6.04 Å². The van der Waals surface area contributed by atoms with Crippen molar-refractivity contribution in [3.05, 3.63) is 22.4 Å². The first-order valence-corrected chi connectivity index (χ1v) is 6.71. The van der Waals surface area contributed by atoms with Crippen LogP contribution < -0.4 is 11.1 Å². The molecule has 6 heteroatoms. The van der Waals surface area contributed by atoms with Gasteiger partial charge in [0.2, 0.25) is 5.91 Å². The molecule has 1 aromatic heterocycles. The molecule has 1 aromatic rings. The Morgan fingerprint density at radius 3 is 2.61 bits per heavy atom. The Morgan fingerprint density at radius 2 is 2.17 bits per heavy atom. The molecule has 2 unspecified atom stereocenters. The molecule has 0 bridgehead atoms. The third-order valence-corrected chi connectivity index (χ3v) is 3.49. The Bertz CT molecular complexity index is 415. The molecule has 1 heterocycles. The van der Waals surface area contributed by atoms with Crippen LogP contribution in [0.4, 0.5) is 0 Å². The number of amidine groups is 1. The molecule has 0 saturated carbocycles. The summed E-state index contributed by atoms with van der Waals surface area (Å²) in [6, 6.07) is 1.88. The van der Waals surface area contributed by atoms with Gasteiger partial charge in [-0.05, 0) is 35.2 Å². The quantitative estimate of drug-likeness (QED) is 0.330. The van der Waals surface area contributed by atoms with Crippen LogP contribution in [0.15, 0.2) is 22.0 Å². The average Bonchev–Trinajstić information content (AvgIpc) is 2.81. The lowest BCUT2D eigenvalue weighted by molar-refractivity contribution is -0.124. The minimum Gasteiger partial charge on any atom is -0.409 e. The molecule has 0 aromatic carbocycles. The summed E-state index contributed by atoms with van der Waals surface area (Å²) in [7, 11) is 0. The van der Waals surface area contributed by atoms with E-state index in [-0.39, 0.29) is 23.7 Å². The number of oxime groups is 1. The van der Waals surface area contributed by atoms with Crippen LogP contribution in [0.1, 0.15) is 32.4 Å². The van der Waals surface area contributed by atoms with Crippen molar-refractivity contribution in [1.29, 1.82) is 0 Å². The second-order valence-electron chi connectivity index (χ2n) is 4.53. The third-order valence-electron chi connectivity index (χ3n) is 2.79. The van der Waals surface area contributed by atoms with E-state index >= 15 is 0 Å². The van der Waals surface area contributed by atoms with E-state index in [9.17, 15) is 4.79 Å². The predicted octanol–water partition coefficient (Wildman–Crippen LogP) is 1.94. The fourth-order valence-corrected chi connectivity index (χ4v) is 2.50. The minimum atomic E-state index is -0.615. The highest BCUT2D eigenvalue weighted by Gasteiger charge is 2.27. The van der Waals surface area contributed by atoms with Crippen molar-refractivity contribution in [3.8, 4) is 0 Å². The molecule has 1 rings (SSSR count). The monoisotopic (exact) mass is 269 g/mol. The number of hydrogen-bond acceptors (Lipinski definition) is 4. The average molecular weight is 269 g/mol. The van der Waals surface area contributed by atoms with Gasteiger partial charge >= 0.3 is 0 Å². The second-order valence-corrected chi connectivity index (χ2v) is 5.31. The number of carbonyl (C=O) groups excluding carboxylic acids is 1. The summed E-state index contributed by atoms with van der Waals surface area (Å²) in [5.74, 6) is -0.925. The molecule has 18 heavy (non-hydrogen) atoms. The summed E-state index contributed by atoms with van der Waals surface area (Å²) in [6.07, 6.45) is 0. The maximum Gasteiger partial charge on any atom is 0.231 e. The zero-order valence-electron chi connectivity index (χ0n) is 10.8. The van der Waals surface area contributed by atoms with E-state index in [2.05, 4.69) is 10.5 Å². The number of nitrogens with zero attached hydrogens (tertiary/aromatic N) is 1. The molecule has 0 fully saturated rings. The van der Waals surface area contributed by atoms with Gasteiger partial charge in [0.1, 0.15) is 5.92 Å². The standard InChI is InChI=1S/C12H19N3O2S/c1-7(2)10(11(13)15-17)12(16)14-8(3)9-4-5-18-6-9/h4-8,10,17H,1-3H3,(H2,13,15)(H,14,16). The number of rotatable bonds is 5. The number of hydrogen-bond donors (Lipinski definition) is 3. The highest BCUT2D eigenvalue weighted by molar-refractivity contribution is 7.07. The van der Waals surface area contributed by atoms with Crippen molar-refractivity contribution < 1.29 is 10.0 Å². The molecule has 0 aliphatic carbocycles. The Hall–Kier alpha value is -1.56. The van der Waals surface area contributed by atoms with Crippen molar-refractivity contribution in [2.75, 3.05) is 0 Å². The number of amides is 1. The van der Waals surface area contributed by atoms with Gasteiger partial charge in [0.15, 0.2) is 5.84 Å². The van der Waals surface area contributed by atoms with Gasteiger partial charge < -0.3 is 16.3 Å². The van der Waals surface area contributed by atoms with Gasteiger partial charge in [-0.25, -0.2) is 0 Å². The first-order chi connectivity index (χ1) is 8.47. The highest BCUT2D eigenvalue weighted by Crippen LogP contribution is 2.18. The van der Waals surface area contributed by atoms with Crippen molar-refractivity contribution in [2.45, 2.75) is 26.8 Å². The van der Waals surface area contributed by atoms with E-state index in [4.69, 9.17) is 10.9 Å². The summed E-state index contributed by atoms with van der Waals surface area (Å²) < 4.78 is 0. The smallest absolute Gasteiger partial charge is 0.231 e. The van der Waals surface area contributed by atoms with Crippen molar-refractivity contribution >= 4 is 23.1 Å². The number of nitrogens with two attached hydrogens (primary N) is 1. The van der Waals surface area contributed by atoms with Crippen LogP contribution in [0.2, 0.25) is 0 Å². The molecule has 0 radical (unpaired) electrons. The predicted molar refractivity (Wildman–Crippen MR) is 72.6 cm³/mol. The lowest BCUT2D eigenvalue weighted by atomic mass is 9.93. The summed E-state index contributed by atoms with van der Waals surface area (Å²) in [6.45, 7) is 5.62. The van der Waals surface area contributed by atoms with Crippen LogP contribution >= 0.6 is 11.3 Å². The summed E-state index contributed by atoms with van der Waals surface area (Å²) in [4.78, 5) is 12.1. The number of nitrogens with one attached hydrogen (secondary N) is 1. The van der Waals surface area contributed by atoms with Gasteiger partial charge in [-0.3, -0.25) is 4.79 Å². The van der Waals surface area contributed by atoms with Crippen LogP contribution in [-0.2, 0) is 4.79 Å². The maximum absolute atomic E-state index is 12.1. The molecule has 2 atom stereocenters. The van der Waals surface area contributed by atoms with Gasteiger partial charge in [0, 0.05) is 0 Å². The zero-order valence-corrected chi connectivity index (χ0v) is 11.6. The molecule has 0 saturated heterocycles. The Kier molecular flexibility index (Phi) is 5.15. The lowest BCUT2D eigenvalue weighted by Gasteiger charge is -2.21. The molecule has 0 aliphatic heterocycles. The van der Waals surface area contributed by atoms with Crippen molar-refractivity contribution in [1.82, 2.24) is 5.32 Å². The van der Waals surface area contributed by atoms with Crippen LogP contribution in [0.5, 0.6) is 0 Å². The van der Waals surface area contributed by atoms with E-state index in [1.807, 2.05) is 37.6 Å². The molecular weight excluding hydrogens is 250 g/mol. The molecule has 100 valence electrons. The maximum atomic E-state index is 12.1. The van der Waals surface area contributed by atoms with Crippen LogP contribution in [0.25, 0.3) is 0 Å². The van der Waals surface area contributed by atoms with Gasteiger partial charge in [0.25, 0.3) is 0 Å². The Morgan fingerprint density at radius 1 is 1.50 bits per heavy atom. The fourth-order valence-electron chi connectivity index (χ4n) is 1.75. The van der Waals surface area contributed by atoms with Gasteiger partial charge in [-0.1, -0.05) is 19.0 Å². The van der Waals surface area contributed by atoms with E-state index in [0.717, 1.165) is 5.56 Å². The van der Waals surface area contributed by atoms with Crippen LogP contribution in [-0.4, -0.2) is 17.0 Å². The van der Waals surface area contributed by atoms with E-state index in [1.54, 1.807) is 11.3 Å². The minimum absolute atomic E-state index is 0.0319. The molecule has 5 nitrogen and oxygen atoms in total. The highest BCUT2D eigenvalue weighted by atomic mass is 32.1. The van der Waals surface area contributed by atoms with Crippen LogP contribution in [0.3, 0.4) is 0 Å². The van der Waals surface area contributed by atoms with E-state index in [1.165, 1.54) is 0 Å². The molecule has 1 amide bonds. The largest absolute Gasteiger partial charge is 0.409 e. The summed E-state index contributed by atoms with van der Waals surface area (Å²) in [5.41, 5.74) is 6.61. The van der Waals surface area contributed by atoms with E-state index < -0.39 is 5.92 Å². The normalized spacial score (nSPS) is 15.4. The van der Waals surface area contributed by atoms with E-state index in [0.29, 0.717) is 0 Å². The second kappa shape index (κ2) is 6.39. The SMILES string of the molecule is CC(NC(=O)C(C(N)=NO)C(C)C)c1ccsc1. The Balaban J connectivity index is 2.74. The molecule has 0 spiro atoms. The zero-order chi connectivity index (χ0) is 13.7. The molecule has 4 N–H and O–H groups in total. The van der Waals surface area contributed by atoms with Crippen molar-refractivity contribution in [3.63, 3.8) is 0 Å². The first kappa shape index (κ1) is 14.5. The lowest BCUT2D eigenvalue weighted by Crippen LogP contribution is -2.42. The van der Waals surface area contributed by atoms with Crippen molar-refractivity contribution in [2.24, 2.45) is 22.7 Å². The third kappa shape index (κ3) is 3.46. The topological polar surface area (TPSA) is 87.7 Å². The fraction of sp³-hybridized carbons (Fsp3) is 0.500. The molecular formula is C12H19N3O2S.